The second-order valence-corrected chi connectivity index (χ2v) is 3.85. The summed E-state index contributed by atoms with van der Waals surface area (Å²) in [6.07, 6.45) is 2.07. The number of carbonyl (C=O) groups is 1. The summed E-state index contributed by atoms with van der Waals surface area (Å²) in [5.74, 6) is -0.167. The number of hydrogen-bond acceptors (Lipinski definition) is 2. The molecule has 5 heteroatoms. The number of nitrogens with two attached hydrogens (primary N) is 2. The monoisotopic (exact) mass is 310 g/mol. The second-order valence-electron chi connectivity index (χ2n) is 3.85. The van der Waals surface area contributed by atoms with E-state index in [1.165, 1.54) is 24.8 Å². The number of Topliss-reactive ketones (excluding diaryl/α,β-unsaturated/α-hetero) is 1. The number of benzene rings is 1. The van der Waals surface area contributed by atoms with Gasteiger partial charge in [-0.3, -0.25) is 5.41 Å². The number of aryl methyl sites for hydroxylation is 1. The van der Waals surface area contributed by atoms with E-state index in [1.54, 1.807) is 0 Å². The van der Waals surface area contributed by atoms with Crippen molar-refractivity contribution in [3.05, 3.63) is 36.5 Å². The molecule has 0 amide bonds. The molecule has 5 N–H and O–H groups in total. The molecule has 2 rings (SSSR count). The van der Waals surface area contributed by atoms with Crippen LogP contribution < -0.4 is 11.5 Å². The largest absolute Gasteiger partial charge is 0.370 e. The maximum Gasteiger partial charge on any atom is 0.183 e. The van der Waals surface area contributed by atoms with Crippen molar-refractivity contribution in [1.82, 2.24) is 4.57 Å². The van der Waals surface area contributed by atoms with Gasteiger partial charge in [0.1, 0.15) is 5.78 Å². The molecule has 0 atom stereocenters. The van der Waals surface area contributed by atoms with Crippen LogP contribution >= 0.6 is 0 Å². The van der Waals surface area contributed by atoms with Crippen LogP contribution in [-0.4, -0.2) is 16.3 Å². The summed E-state index contributed by atoms with van der Waals surface area (Å²) >= 11 is 0. The summed E-state index contributed by atoms with van der Waals surface area (Å²) in [6, 6.07) is 10.5. The lowest BCUT2D eigenvalue weighted by atomic mass is 10.2. The predicted molar refractivity (Wildman–Crippen MR) is 100 cm³/mol. The van der Waals surface area contributed by atoms with Gasteiger partial charge in [-0.1, -0.05) is 46.9 Å². The molecule has 0 radical (unpaired) electrons. The molecule has 2 aromatic rings. The number of nitrogens with zero attached hydrogens (tertiary/aromatic N) is 1. The zero-order chi connectivity index (χ0) is 16.1. The van der Waals surface area contributed by atoms with E-state index < -0.39 is 0 Å². The molecule has 0 bridgehead atoms. The Bertz CT molecular complexity index is 498. The Hall–Kier alpha value is -2.30. The average Bonchev–Trinajstić information content (AvgIpc) is 2.73. The van der Waals surface area contributed by atoms with Crippen molar-refractivity contribution in [2.45, 2.75) is 42.5 Å². The van der Waals surface area contributed by atoms with Crippen molar-refractivity contribution >= 4 is 22.6 Å². The van der Waals surface area contributed by atoms with Gasteiger partial charge in [0.25, 0.3) is 0 Å². The lowest BCUT2D eigenvalue weighted by Gasteiger charge is -1.92. The zero-order valence-electron chi connectivity index (χ0n) is 13.0. The Kier molecular flexibility index (Phi) is 21.3. The number of nitrogens with one attached hydrogen (secondary N) is 1. The fourth-order valence-corrected chi connectivity index (χ4v) is 1.22. The summed E-state index contributed by atoms with van der Waals surface area (Å²) in [5, 5.41) is 7.37. The normalized spacial score (nSPS) is 7.32. The van der Waals surface area contributed by atoms with E-state index in [9.17, 15) is 4.79 Å². The van der Waals surface area contributed by atoms with Gasteiger partial charge in [0.15, 0.2) is 5.96 Å². The molecule has 5 nitrogen and oxygen atoms in total. The van der Waals surface area contributed by atoms with Crippen LogP contribution in [0, 0.1) is 5.41 Å². The summed E-state index contributed by atoms with van der Waals surface area (Å²) < 4.78 is 2.12. The summed E-state index contributed by atoms with van der Waals surface area (Å²) in [4.78, 5) is 9.44. The van der Waals surface area contributed by atoms with Crippen molar-refractivity contribution in [3.8, 4) is 0 Å². The molecule has 0 aliphatic rings. The molecule has 0 aliphatic heterocycles. The molecule has 22 heavy (non-hydrogen) atoms. The van der Waals surface area contributed by atoms with Crippen LogP contribution in [0.1, 0.15) is 42.5 Å². The fraction of sp³-hybridized carbons (Fsp3) is 0.412. The van der Waals surface area contributed by atoms with E-state index in [2.05, 4.69) is 59.6 Å². The number of hydrogen-bond donors (Lipinski definition) is 3. The van der Waals surface area contributed by atoms with Gasteiger partial charge in [-0.2, -0.15) is 0 Å². The number of fused-ring (bicyclic) bond motifs is 1. The Labute approximate surface area is 135 Å². The first-order valence-corrected chi connectivity index (χ1v) is 6.41. The third-order valence-corrected chi connectivity index (χ3v) is 1.79. The summed E-state index contributed by atoms with van der Waals surface area (Å²) in [5.41, 5.74) is 10.2. The van der Waals surface area contributed by atoms with E-state index in [4.69, 9.17) is 5.41 Å². The van der Waals surface area contributed by atoms with Gasteiger partial charge >= 0.3 is 0 Å². The van der Waals surface area contributed by atoms with Gasteiger partial charge in [0.05, 0.1) is 0 Å². The maximum atomic E-state index is 9.44. The highest BCUT2D eigenvalue weighted by molar-refractivity contribution is 5.79. The van der Waals surface area contributed by atoms with Crippen molar-refractivity contribution in [2.75, 3.05) is 0 Å². The number of para-hydroxylation sites is 1. The van der Waals surface area contributed by atoms with Crippen LogP contribution in [0.5, 0.6) is 0 Å². The second kappa shape index (κ2) is 16.8. The highest BCUT2D eigenvalue weighted by Crippen LogP contribution is 2.12. The topological polar surface area (TPSA) is 97.9 Å². The molecular weight excluding hydrogens is 276 g/mol. The van der Waals surface area contributed by atoms with E-state index in [1.807, 2.05) is 13.8 Å². The molecule has 0 spiro atoms. The minimum atomic E-state index is -0.333. The standard InChI is InChI=1S/C9H9N.C3H6O.C2H6.CH5N3.2CH4/c1-10-7-6-8-4-2-3-5-9(8)10;1-3(2)4;1-2;2-1(3)4;;/h2-7H,1H3;1-2H3;1-2H3;(H5,2,3,4);2*1H4. The molecule has 1 aromatic heterocycles. The molecule has 0 fully saturated rings. The van der Waals surface area contributed by atoms with Gasteiger partial charge in [-0.05, 0) is 31.4 Å². The molecule has 0 saturated heterocycles. The minimum Gasteiger partial charge on any atom is -0.370 e. The predicted octanol–water partition coefficient (Wildman–Crippen LogP) is 3.91. The first-order valence-electron chi connectivity index (χ1n) is 6.41. The first kappa shape index (κ1) is 27.9. The highest BCUT2D eigenvalue weighted by atomic mass is 16.1. The maximum absolute atomic E-state index is 9.44. The number of ketones is 1. The van der Waals surface area contributed by atoms with Gasteiger partial charge in [0, 0.05) is 18.8 Å². The van der Waals surface area contributed by atoms with E-state index in [-0.39, 0.29) is 26.6 Å². The van der Waals surface area contributed by atoms with E-state index in [0.29, 0.717) is 0 Å². The molecule has 0 unspecified atom stereocenters. The number of aromatic nitrogens is 1. The van der Waals surface area contributed by atoms with Crippen LogP contribution in [0.15, 0.2) is 36.5 Å². The Balaban J connectivity index is -0.000000117. The number of rotatable bonds is 0. The zero-order valence-corrected chi connectivity index (χ0v) is 13.0. The summed E-state index contributed by atoms with van der Waals surface area (Å²) in [7, 11) is 2.06. The average molecular weight is 310 g/mol. The van der Waals surface area contributed by atoms with Gasteiger partial charge in [0.2, 0.25) is 0 Å². The molecular formula is C17H34N4O. The summed E-state index contributed by atoms with van der Waals surface area (Å²) in [6.45, 7) is 7.06. The third-order valence-electron chi connectivity index (χ3n) is 1.79. The van der Waals surface area contributed by atoms with Crippen LogP contribution in [0.2, 0.25) is 0 Å². The lowest BCUT2D eigenvalue weighted by Crippen LogP contribution is -2.20. The van der Waals surface area contributed by atoms with Crippen molar-refractivity contribution in [1.29, 1.82) is 5.41 Å². The Morgan fingerprint density at radius 2 is 1.41 bits per heavy atom. The van der Waals surface area contributed by atoms with Crippen LogP contribution in [-0.2, 0) is 11.8 Å². The van der Waals surface area contributed by atoms with Gasteiger partial charge < -0.3 is 20.8 Å². The first-order chi connectivity index (χ1) is 9.34. The molecule has 128 valence electrons. The quantitative estimate of drug-likeness (QED) is 0.508. The smallest absolute Gasteiger partial charge is 0.183 e. The van der Waals surface area contributed by atoms with E-state index in [0.717, 1.165) is 0 Å². The Morgan fingerprint density at radius 1 is 1.05 bits per heavy atom. The molecule has 0 saturated carbocycles. The molecule has 1 heterocycles. The van der Waals surface area contributed by atoms with Crippen molar-refractivity contribution < 1.29 is 4.79 Å². The van der Waals surface area contributed by atoms with Crippen LogP contribution in [0.3, 0.4) is 0 Å². The van der Waals surface area contributed by atoms with E-state index >= 15 is 0 Å². The van der Waals surface area contributed by atoms with Gasteiger partial charge in [-0.15, -0.1) is 0 Å². The van der Waals surface area contributed by atoms with Crippen molar-refractivity contribution in [2.24, 2.45) is 18.5 Å². The highest BCUT2D eigenvalue weighted by Gasteiger charge is 1.92. The SMILES string of the molecule is C.C.CC.CC(C)=O.Cn1ccc2ccccc21.N=C(N)N. The third kappa shape index (κ3) is 15.8. The number of carbonyl (C=O) groups excluding carboxylic acids is 1. The Morgan fingerprint density at radius 3 is 1.77 bits per heavy atom. The number of guanidine groups is 1. The van der Waals surface area contributed by atoms with Gasteiger partial charge in [-0.25, -0.2) is 0 Å². The minimum absolute atomic E-state index is 0. The molecule has 1 aromatic carbocycles. The van der Waals surface area contributed by atoms with Crippen LogP contribution in [0.4, 0.5) is 0 Å². The fourth-order valence-electron chi connectivity index (χ4n) is 1.22. The van der Waals surface area contributed by atoms with Crippen LogP contribution in [0.25, 0.3) is 10.9 Å². The lowest BCUT2D eigenvalue weighted by molar-refractivity contribution is -0.114. The molecule has 0 aliphatic carbocycles. The van der Waals surface area contributed by atoms with Crippen molar-refractivity contribution in [3.63, 3.8) is 0 Å².